The maximum absolute atomic E-state index is 11.0. The summed E-state index contributed by atoms with van der Waals surface area (Å²) >= 11 is 0. The fourth-order valence-electron chi connectivity index (χ4n) is 2.93. The standard InChI is InChI=1S/C22H22O6/c1-2-3-17(11-22(24)25)16-5-7-18(8-6-16)26-13-19-14-27-20-9-4-15(12-23)10-21(20)28-19/h4-10,17,19,23H,11-14H2,1H3,(H,24,25)/t17-,19-/m0/s1. The summed E-state index contributed by atoms with van der Waals surface area (Å²) in [5.41, 5.74) is 1.59. The zero-order valence-electron chi connectivity index (χ0n) is 15.6. The average Bonchev–Trinajstić information content (AvgIpc) is 2.71. The van der Waals surface area contributed by atoms with Crippen LogP contribution in [0.2, 0.25) is 0 Å². The van der Waals surface area contributed by atoms with Crippen molar-refractivity contribution in [1.82, 2.24) is 0 Å². The summed E-state index contributed by atoms with van der Waals surface area (Å²) in [6.07, 6.45) is -0.310. The number of fused-ring (bicyclic) bond motifs is 1. The minimum Gasteiger partial charge on any atom is -0.490 e. The summed E-state index contributed by atoms with van der Waals surface area (Å²) in [7, 11) is 0. The molecule has 1 heterocycles. The Bertz CT molecular complexity index is 878. The average molecular weight is 382 g/mol. The van der Waals surface area contributed by atoms with Crippen molar-refractivity contribution in [3.8, 4) is 29.1 Å². The molecule has 1 aliphatic rings. The topological polar surface area (TPSA) is 85.2 Å². The van der Waals surface area contributed by atoms with E-state index in [1.54, 1.807) is 37.3 Å². The summed E-state index contributed by atoms with van der Waals surface area (Å²) in [4.78, 5) is 11.0. The molecule has 0 saturated carbocycles. The molecule has 0 saturated heterocycles. The van der Waals surface area contributed by atoms with Crippen LogP contribution in [-0.2, 0) is 11.4 Å². The second-order valence-corrected chi connectivity index (χ2v) is 6.41. The Balaban J connectivity index is 1.59. The molecular weight excluding hydrogens is 360 g/mol. The molecule has 2 N–H and O–H groups in total. The quantitative estimate of drug-likeness (QED) is 0.716. The minimum atomic E-state index is -0.882. The lowest BCUT2D eigenvalue weighted by Crippen LogP contribution is -2.34. The fourth-order valence-corrected chi connectivity index (χ4v) is 2.93. The van der Waals surface area contributed by atoms with E-state index in [4.69, 9.17) is 19.3 Å². The Kier molecular flexibility index (Phi) is 6.41. The van der Waals surface area contributed by atoms with Crippen LogP contribution in [0, 0.1) is 11.8 Å². The molecule has 2 atom stereocenters. The number of carboxylic acids is 1. The monoisotopic (exact) mass is 382 g/mol. The van der Waals surface area contributed by atoms with Gasteiger partial charge in [-0.15, -0.1) is 5.92 Å². The number of carboxylic acid groups (broad SMARTS) is 1. The third-order valence-electron chi connectivity index (χ3n) is 4.32. The lowest BCUT2D eigenvalue weighted by molar-refractivity contribution is -0.137. The van der Waals surface area contributed by atoms with Gasteiger partial charge < -0.3 is 24.4 Å². The molecule has 0 spiro atoms. The van der Waals surface area contributed by atoms with Crippen LogP contribution in [0.15, 0.2) is 42.5 Å². The molecule has 0 aliphatic carbocycles. The van der Waals surface area contributed by atoms with E-state index in [1.807, 2.05) is 12.1 Å². The Labute approximate surface area is 163 Å². The third kappa shape index (κ3) is 4.96. The first-order valence-electron chi connectivity index (χ1n) is 8.99. The van der Waals surface area contributed by atoms with Gasteiger partial charge in [-0.1, -0.05) is 24.1 Å². The lowest BCUT2D eigenvalue weighted by Gasteiger charge is -2.26. The van der Waals surface area contributed by atoms with Crippen LogP contribution in [0.5, 0.6) is 17.2 Å². The first-order chi connectivity index (χ1) is 13.6. The largest absolute Gasteiger partial charge is 0.490 e. The lowest BCUT2D eigenvalue weighted by atomic mass is 9.96. The van der Waals surface area contributed by atoms with Gasteiger partial charge in [-0.3, -0.25) is 4.79 Å². The van der Waals surface area contributed by atoms with Crippen molar-refractivity contribution in [2.24, 2.45) is 0 Å². The van der Waals surface area contributed by atoms with E-state index in [0.29, 0.717) is 30.5 Å². The van der Waals surface area contributed by atoms with Crippen LogP contribution in [0.1, 0.15) is 30.4 Å². The summed E-state index contributed by atoms with van der Waals surface area (Å²) in [6, 6.07) is 12.6. The second kappa shape index (κ2) is 9.16. The minimum absolute atomic E-state index is 0.0382. The second-order valence-electron chi connectivity index (χ2n) is 6.41. The van der Waals surface area contributed by atoms with E-state index in [0.717, 1.165) is 11.1 Å². The summed E-state index contributed by atoms with van der Waals surface area (Å²) in [5.74, 6) is 6.38. The highest BCUT2D eigenvalue weighted by molar-refractivity contribution is 5.69. The van der Waals surface area contributed by atoms with E-state index < -0.39 is 5.97 Å². The molecule has 1 aliphatic heterocycles. The highest BCUT2D eigenvalue weighted by Crippen LogP contribution is 2.33. The highest BCUT2D eigenvalue weighted by Gasteiger charge is 2.22. The predicted molar refractivity (Wildman–Crippen MR) is 103 cm³/mol. The van der Waals surface area contributed by atoms with Crippen LogP contribution >= 0.6 is 0 Å². The maximum atomic E-state index is 11.0. The normalized spacial score (nSPS) is 15.9. The smallest absolute Gasteiger partial charge is 0.304 e. The van der Waals surface area contributed by atoms with Gasteiger partial charge in [0.1, 0.15) is 19.0 Å². The van der Waals surface area contributed by atoms with Gasteiger partial charge in [-0.25, -0.2) is 0 Å². The molecule has 0 bridgehead atoms. The van der Waals surface area contributed by atoms with Crippen LogP contribution in [0.3, 0.4) is 0 Å². The van der Waals surface area contributed by atoms with E-state index >= 15 is 0 Å². The summed E-state index contributed by atoms with van der Waals surface area (Å²) < 4.78 is 17.4. The van der Waals surface area contributed by atoms with Crippen molar-refractivity contribution >= 4 is 5.97 Å². The number of hydrogen-bond acceptors (Lipinski definition) is 5. The molecule has 0 aromatic heterocycles. The van der Waals surface area contributed by atoms with E-state index in [1.165, 1.54) is 0 Å². The van der Waals surface area contributed by atoms with Gasteiger partial charge in [-0.2, -0.15) is 0 Å². The van der Waals surface area contributed by atoms with Crippen molar-refractivity contribution in [2.45, 2.75) is 32.0 Å². The molecular formula is C22H22O6. The van der Waals surface area contributed by atoms with Gasteiger partial charge in [0.05, 0.1) is 18.9 Å². The molecule has 0 fully saturated rings. The van der Waals surface area contributed by atoms with Crippen LogP contribution in [0.25, 0.3) is 0 Å². The molecule has 0 unspecified atom stereocenters. The molecule has 0 radical (unpaired) electrons. The Morgan fingerprint density at radius 3 is 2.71 bits per heavy atom. The van der Waals surface area contributed by atoms with Gasteiger partial charge >= 0.3 is 5.97 Å². The van der Waals surface area contributed by atoms with E-state index in [9.17, 15) is 9.90 Å². The molecule has 3 rings (SSSR count). The zero-order chi connectivity index (χ0) is 19.9. The molecule has 146 valence electrons. The van der Waals surface area contributed by atoms with Gasteiger partial charge in [0, 0.05) is 0 Å². The molecule has 2 aromatic carbocycles. The molecule has 2 aromatic rings. The van der Waals surface area contributed by atoms with Gasteiger partial charge in [0.25, 0.3) is 0 Å². The molecule has 6 heteroatoms. The van der Waals surface area contributed by atoms with E-state index in [-0.39, 0.29) is 25.0 Å². The van der Waals surface area contributed by atoms with Gasteiger partial charge in [-0.05, 0) is 42.3 Å². The third-order valence-corrected chi connectivity index (χ3v) is 4.32. The van der Waals surface area contributed by atoms with Crippen molar-refractivity contribution < 1.29 is 29.2 Å². The Hall–Kier alpha value is -3.17. The van der Waals surface area contributed by atoms with Crippen molar-refractivity contribution in [3.05, 3.63) is 53.6 Å². The fraction of sp³-hybridized carbons (Fsp3) is 0.318. The number of rotatable bonds is 7. The number of aliphatic carboxylic acids is 1. The number of aliphatic hydroxyl groups excluding tert-OH is 1. The first-order valence-corrected chi connectivity index (χ1v) is 8.99. The van der Waals surface area contributed by atoms with Crippen molar-refractivity contribution in [1.29, 1.82) is 0 Å². The summed E-state index contributed by atoms with van der Waals surface area (Å²) in [6.45, 7) is 2.31. The SMILES string of the molecule is CC#C[C@@H](CC(=O)O)c1ccc(OC[C@H]2COc3ccc(CO)cc3O2)cc1. The van der Waals surface area contributed by atoms with E-state index in [2.05, 4.69) is 11.8 Å². The molecule has 28 heavy (non-hydrogen) atoms. The Morgan fingerprint density at radius 2 is 2.04 bits per heavy atom. The first kappa shape index (κ1) is 19.6. The molecule has 0 amide bonds. The van der Waals surface area contributed by atoms with Crippen molar-refractivity contribution in [2.75, 3.05) is 13.2 Å². The predicted octanol–water partition coefficient (Wildman–Crippen LogP) is 2.98. The van der Waals surface area contributed by atoms with Gasteiger partial charge in [0.2, 0.25) is 0 Å². The van der Waals surface area contributed by atoms with Crippen LogP contribution in [0.4, 0.5) is 0 Å². The van der Waals surface area contributed by atoms with Gasteiger partial charge in [0.15, 0.2) is 17.6 Å². The number of aliphatic hydroxyl groups is 1. The van der Waals surface area contributed by atoms with Crippen LogP contribution < -0.4 is 14.2 Å². The highest BCUT2D eigenvalue weighted by atomic mass is 16.6. The number of hydrogen-bond donors (Lipinski definition) is 2. The number of ether oxygens (including phenoxy) is 3. The Morgan fingerprint density at radius 1 is 1.25 bits per heavy atom. The maximum Gasteiger partial charge on any atom is 0.304 e. The zero-order valence-corrected chi connectivity index (χ0v) is 15.6. The molecule has 6 nitrogen and oxygen atoms in total. The summed E-state index contributed by atoms with van der Waals surface area (Å²) in [5, 5.41) is 18.3. The number of benzene rings is 2. The van der Waals surface area contributed by atoms with Crippen LogP contribution in [-0.4, -0.2) is 35.5 Å². The number of carbonyl (C=O) groups is 1. The van der Waals surface area contributed by atoms with Crippen molar-refractivity contribution in [3.63, 3.8) is 0 Å².